The summed E-state index contributed by atoms with van der Waals surface area (Å²) in [6.45, 7) is 2.01. The van der Waals surface area contributed by atoms with Gasteiger partial charge in [0.05, 0.1) is 22.3 Å². The SMILES string of the molecule is Cc1cn2c3ccccc3c3ccc(Oc4[c-]c5c(cc4)c4ncccc4n4ccnc54)[c-]c3c2n1.[Pt+2]. The van der Waals surface area contributed by atoms with Crippen LogP contribution in [0.4, 0.5) is 0 Å². The van der Waals surface area contributed by atoms with Crippen LogP contribution in [0.25, 0.3) is 54.8 Å². The maximum atomic E-state index is 6.29. The van der Waals surface area contributed by atoms with Crippen LogP contribution < -0.4 is 4.74 Å². The number of pyridine rings is 3. The summed E-state index contributed by atoms with van der Waals surface area (Å²) in [5.74, 6) is 1.20. The monoisotopic (exact) mass is 658 g/mol. The first-order valence-electron chi connectivity index (χ1n) is 11.7. The second kappa shape index (κ2) is 8.12. The number of imidazole rings is 2. The van der Waals surface area contributed by atoms with Crippen LogP contribution in [0.5, 0.6) is 11.5 Å². The van der Waals surface area contributed by atoms with Crippen molar-refractivity contribution < 1.29 is 25.8 Å². The van der Waals surface area contributed by atoms with E-state index in [1.807, 2.05) is 47.9 Å². The van der Waals surface area contributed by atoms with Crippen molar-refractivity contribution in [2.24, 2.45) is 0 Å². The van der Waals surface area contributed by atoms with Crippen LogP contribution in [0.15, 0.2) is 85.5 Å². The van der Waals surface area contributed by atoms with Crippen LogP contribution in [-0.2, 0) is 21.1 Å². The molecule has 0 bridgehead atoms. The molecule has 3 aromatic carbocycles. The Labute approximate surface area is 225 Å². The molecule has 0 fully saturated rings. The molecule has 0 aliphatic carbocycles. The molecule has 5 aromatic heterocycles. The van der Waals surface area contributed by atoms with Crippen LogP contribution in [-0.4, -0.2) is 23.8 Å². The molecule has 178 valence electrons. The smallest absolute Gasteiger partial charge is 0.497 e. The Kier molecular flexibility index (Phi) is 4.82. The van der Waals surface area contributed by atoms with Gasteiger partial charge in [-0.3, -0.25) is 15.0 Å². The van der Waals surface area contributed by atoms with E-state index in [9.17, 15) is 0 Å². The molecule has 0 amide bonds. The molecule has 8 aromatic rings. The van der Waals surface area contributed by atoms with E-state index in [0.717, 1.165) is 60.5 Å². The zero-order chi connectivity index (χ0) is 23.8. The molecular formula is C30H17N5OPt. The standard InChI is InChI=1S/C30H17N5O.Pt/c1-18-17-35-26-6-3-2-5-22(26)21-10-8-19(15-24(21)30(35)33-18)36-20-9-11-23-25(16-20)29-32-13-14-34(29)27-7-4-12-31-28(23)27;/h2-14,17H,1H3;/q-2;+2. The van der Waals surface area contributed by atoms with Crippen LogP contribution >= 0.6 is 0 Å². The van der Waals surface area contributed by atoms with Gasteiger partial charge in [0.2, 0.25) is 0 Å². The summed E-state index contributed by atoms with van der Waals surface area (Å²) in [6, 6.07) is 27.2. The number of fused-ring (bicyclic) bond motifs is 12. The predicted octanol–water partition coefficient (Wildman–Crippen LogP) is 6.69. The number of para-hydroxylation sites is 1. The van der Waals surface area contributed by atoms with E-state index in [1.165, 1.54) is 0 Å². The average molecular weight is 659 g/mol. The number of hydrogen-bond acceptors (Lipinski definition) is 4. The third-order valence-electron chi connectivity index (χ3n) is 6.73. The molecule has 5 heterocycles. The van der Waals surface area contributed by atoms with Gasteiger partial charge in [-0.15, -0.1) is 12.1 Å². The quantitative estimate of drug-likeness (QED) is 0.154. The van der Waals surface area contributed by atoms with E-state index >= 15 is 0 Å². The van der Waals surface area contributed by atoms with Crippen molar-refractivity contribution in [2.75, 3.05) is 0 Å². The summed E-state index contributed by atoms with van der Waals surface area (Å²) < 4.78 is 10.5. The van der Waals surface area contributed by atoms with Crippen LogP contribution in [0.2, 0.25) is 0 Å². The minimum atomic E-state index is 0. The molecule has 6 nitrogen and oxygen atoms in total. The first-order chi connectivity index (χ1) is 17.7. The Morgan fingerprint density at radius 1 is 0.703 bits per heavy atom. The zero-order valence-corrected chi connectivity index (χ0v) is 21.8. The number of ether oxygens (including phenoxy) is 1. The van der Waals surface area contributed by atoms with E-state index in [-0.39, 0.29) is 21.1 Å². The van der Waals surface area contributed by atoms with Gasteiger partial charge in [0.25, 0.3) is 0 Å². The molecular weight excluding hydrogens is 641 g/mol. The number of aryl methyl sites for hydroxylation is 1. The van der Waals surface area contributed by atoms with Crippen molar-refractivity contribution in [2.45, 2.75) is 6.92 Å². The summed E-state index contributed by atoms with van der Waals surface area (Å²) >= 11 is 0. The Balaban J connectivity index is 0.00000231. The first kappa shape index (κ1) is 22.0. The molecule has 0 N–H and O–H groups in total. The van der Waals surface area contributed by atoms with Crippen LogP contribution in [0.1, 0.15) is 5.69 Å². The van der Waals surface area contributed by atoms with E-state index in [2.05, 4.69) is 63.0 Å². The largest absolute Gasteiger partial charge is 2.00 e. The summed E-state index contributed by atoms with van der Waals surface area (Å²) in [6.07, 6.45) is 7.60. The van der Waals surface area contributed by atoms with Gasteiger partial charge in [-0.25, -0.2) is 0 Å². The second-order valence-electron chi connectivity index (χ2n) is 8.91. The topological polar surface area (TPSA) is 56.7 Å². The van der Waals surface area contributed by atoms with Crippen molar-refractivity contribution in [1.82, 2.24) is 23.8 Å². The van der Waals surface area contributed by atoms with Gasteiger partial charge in [0, 0.05) is 47.5 Å². The normalized spacial score (nSPS) is 11.7. The van der Waals surface area contributed by atoms with E-state index in [4.69, 9.17) is 9.72 Å². The number of aromatic nitrogens is 5. The van der Waals surface area contributed by atoms with Gasteiger partial charge >= 0.3 is 21.1 Å². The minimum absolute atomic E-state index is 0. The van der Waals surface area contributed by atoms with E-state index in [1.54, 1.807) is 12.4 Å². The maximum absolute atomic E-state index is 6.29. The average Bonchev–Trinajstić information content (AvgIpc) is 3.56. The van der Waals surface area contributed by atoms with Crippen molar-refractivity contribution in [3.05, 3.63) is 103 Å². The molecule has 0 spiro atoms. The summed E-state index contributed by atoms with van der Waals surface area (Å²) in [5.41, 5.74) is 5.68. The molecule has 0 radical (unpaired) electrons. The summed E-state index contributed by atoms with van der Waals surface area (Å²) in [7, 11) is 0. The summed E-state index contributed by atoms with van der Waals surface area (Å²) in [4.78, 5) is 14.0. The molecule has 0 saturated heterocycles. The predicted molar refractivity (Wildman–Crippen MR) is 141 cm³/mol. The van der Waals surface area contributed by atoms with Gasteiger partial charge in [-0.1, -0.05) is 64.0 Å². The van der Waals surface area contributed by atoms with Crippen molar-refractivity contribution in [1.29, 1.82) is 0 Å². The van der Waals surface area contributed by atoms with Crippen LogP contribution in [0.3, 0.4) is 0 Å². The fraction of sp³-hybridized carbons (Fsp3) is 0.0333. The third kappa shape index (κ3) is 3.19. The van der Waals surface area contributed by atoms with Gasteiger partial charge in [-0.2, -0.15) is 0 Å². The molecule has 37 heavy (non-hydrogen) atoms. The van der Waals surface area contributed by atoms with Gasteiger partial charge in [0.15, 0.2) is 0 Å². The fourth-order valence-corrected chi connectivity index (χ4v) is 5.21. The van der Waals surface area contributed by atoms with E-state index < -0.39 is 0 Å². The number of rotatable bonds is 2. The van der Waals surface area contributed by atoms with Crippen molar-refractivity contribution in [3.63, 3.8) is 0 Å². The summed E-state index contributed by atoms with van der Waals surface area (Å²) in [5, 5.41) is 5.02. The van der Waals surface area contributed by atoms with Crippen molar-refractivity contribution in [3.8, 4) is 11.5 Å². The van der Waals surface area contributed by atoms with E-state index in [0.29, 0.717) is 11.5 Å². The molecule has 0 unspecified atom stereocenters. The Bertz CT molecular complexity index is 2160. The Morgan fingerprint density at radius 2 is 1.46 bits per heavy atom. The molecule has 7 heteroatoms. The van der Waals surface area contributed by atoms with Crippen LogP contribution in [0, 0.1) is 19.1 Å². The number of nitrogens with zero attached hydrogens (tertiary/aromatic N) is 5. The second-order valence-corrected chi connectivity index (χ2v) is 8.91. The molecule has 0 saturated carbocycles. The first-order valence-corrected chi connectivity index (χ1v) is 11.7. The molecule has 8 rings (SSSR count). The minimum Gasteiger partial charge on any atom is -0.497 e. The van der Waals surface area contributed by atoms with Gasteiger partial charge in [-0.05, 0) is 30.5 Å². The third-order valence-corrected chi connectivity index (χ3v) is 6.73. The zero-order valence-electron chi connectivity index (χ0n) is 19.5. The molecule has 0 atom stereocenters. The molecule has 0 aliphatic rings. The Hall–Kier alpha value is -4.28. The fourth-order valence-electron chi connectivity index (χ4n) is 5.21. The van der Waals surface area contributed by atoms with Crippen molar-refractivity contribution >= 4 is 54.8 Å². The number of benzene rings is 3. The number of hydrogen-bond donors (Lipinski definition) is 0. The van der Waals surface area contributed by atoms with Gasteiger partial charge in [0.1, 0.15) is 0 Å². The maximum Gasteiger partial charge on any atom is 2.00 e. The molecule has 0 aliphatic heterocycles. The van der Waals surface area contributed by atoms with Gasteiger partial charge < -0.3 is 13.5 Å². The Morgan fingerprint density at radius 3 is 2.32 bits per heavy atom.